The summed E-state index contributed by atoms with van der Waals surface area (Å²) in [7, 11) is 3.95. The third-order valence-corrected chi connectivity index (χ3v) is 5.05. The molecule has 3 rings (SSSR count). The predicted octanol–water partition coefficient (Wildman–Crippen LogP) is 3.36. The molecule has 1 aliphatic heterocycles. The standard InChI is InChI=1S/C19H21N3O3S/c1-21(2)15-5-3-13(4-6-15)17-11-16(14-9-10-26-12-14)20-22(17)18(23)7-8-19(24)25/h3-6,9-10,12,17H,7-8,11H2,1-2H3,(H,24,25). The van der Waals surface area contributed by atoms with Gasteiger partial charge < -0.3 is 10.0 Å². The van der Waals surface area contributed by atoms with E-state index in [1.54, 1.807) is 11.3 Å². The number of hydrogen-bond acceptors (Lipinski definition) is 5. The Morgan fingerprint density at radius 3 is 2.54 bits per heavy atom. The summed E-state index contributed by atoms with van der Waals surface area (Å²) in [5.41, 5.74) is 3.94. The molecule has 0 saturated carbocycles. The van der Waals surface area contributed by atoms with Crippen LogP contribution in [0.2, 0.25) is 0 Å². The maximum atomic E-state index is 12.6. The lowest BCUT2D eigenvalue weighted by Gasteiger charge is -2.22. The van der Waals surface area contributed by atoms with Crippen molar-refractivity contribution in [3.8, 4) is 0 Å². The molecule has 6 nitrogen and oxygen atoms in total. The fourth-order valence-electron chi connectivity index (χ4n) is 2.93. The van der Waals surface area contributed by atoms with Crippen LogP contribution in [-0.4, -0.2) is 41.8 Å². The van der Waals surface area contributed by atoms with Crippen LogP contribution in [0.25, 0.3) is 0 Å². The van der Waals surface area contributed by atoms with Gasteiger partial charge in [-0.2, -0.15) is 16.4 Å². The number of benzene rings is 1. The maximum absolute atomic E-state index is 12.6. The maximum Gasteiger partial charge on any atom is 0.303 e. The summed E-state index contributed by atoms with van der Waals surface area (Å²) in [6.07, 6.45) is 0.379. The molecule has 0 aliphatic carbocycles. The molecule has 0 spiro atoms. The molecular weight excluding hydrogens is 350 g/mol. The van der Waals surface area contributed by atoms with E-state index in [1.807, 2.05) is 60.1 Å². The Kier molecular flexibility index (Phi) is 5.37. The summed E-state index contributed by atoms with van der Waals surface area (Å²) in [6.45, 7) is 0. The van der Waals surface area contributed by atoms with Crippen molar-refractivity contribution in [3.05, 3.63) is 52.2 Å². The first kappa shape index (κ1) is 18.1. The minimum atomic E-state index is -0.980. The lowest BCUT2D eigenvalue weighted by Crippen LogP contribution is -2.27. The molecule has 0 saturated heterocycles. The second-order valence-corrected chi connectivity index (χ2v) is 7.18. The van der Waals surface area contributed by atoms with Crippen molar-refractivity contribution in [2.24, 2.45) is 5.10 Å². The Balaban J connectivity index is 1.86. The number of rotatable bonds is 6. The number of thiophene rings is 1. The van der Waals surface area contributed by atoms with E-state index in [2.05, 4.69) is 5.10 Å². The van der Waals surface area contributed by atoms with Crippen LogP contribution in [0.5, 0.6) is 0 Å². The monoisotopic (exact) mass is 371 g/mol. The van der Waals surface area contributed by atoms with E-state index >= 15 is 0 Å². The second kappa shape index (κ2) is 7.70. The number of carboxylic acid groups (broad SMARTS) is 1. The molecule has 2 heterocycles. The Hall–Kier alpha value is -2.67. The van der Waals surface area contributed by atoms with Gasteiger partial charge in [0.05, 0.1) is 18.2 Å². The molecule has 1 unspecified atom stereocenters. The first-order valence-corrected chi connectivity index (χ1v) is 9.31. The predicted molar refractivity (Wildman–Crippen MR) is 103 cm³/mol. The van der Waals surface area contributed by atoms with Crippen LogP contribution >= 0.6 is 11.3 Å². The third kappa shape index (κ3) is 3.94. The highest BCUT2D eigenvalue weighted by Crippen LogP contribution is 2.34. The number of anilines is 1. The van der Waals surface area contributed by atoms with E-state index in [-0.39, 0.29) is 24.8 Å². The van der Waals surface area contributed by atoms with E-state index < -0.39 is 5.97 Å². The lowest BCUT2D eigenvalue weighted by atomic mass is 9.99. The van der Waals surface area contributed by atoms with Crippen LogP contribution in [0.3, 0.4) is 0 Å². The molecule has 0 fully saturated rings. The molecule has 0 radical (unpaired) electrons. The van der Waals surface area contributed by atoms with E-state index in [4.69, 9.17) is 5.11 Å². The molecule has 1 aromatic carbocycles. The highest BCUT2D eigenvalue weighted by atomic mass is 32.1. The minimum Gasteiger partial charge on any atom is -0.481 e. The number of carbonyl (C=O) groups excluding carboxylic acids is 1. The van der Waals surface area contributed by atoms with Crippen LogP contribution < -0.4 is 4.90 Å². The molecule has 7 heteroatoms. The first-order chi connectivity index (χ1) is 12.5. The molecule has 1 atom stereocenters. The topological polar surface area (TPSA) is 73.2 Å². The van der Waals surface area contributed by atoms with Crippen molar-refractivity contribution < 1.29 is 14.7 Å². The lowest BCUT2D eigenvalue weighted by molar-refractivity contribution is -0.141. The summed E-state index contributed by atoms with van der Waals surface area (Å²) in [5, 5.41) is 18.8. The van der Waals surface area contributed by atoms with Gasteiger partial charge in [-0.1, -0.05) is 12.1 Å². The molecule has 1 aromatic heterocycles. The quantitative estimate of drug-likeness (QED) is 0.845. The molecule has 1 aliphatic rings. The number of carbonyl (C=O) groups is 2. The van der Waals surface area contributed by atoms with E-state index in [0.29, 0.717) is 6.42 Å². The normalized spacial score (nSPS) is 16.5. The first-order valence-electron chi connectivity index (χ1n) is 8.37. The zero-order chi connectivity index (χ0) is 18.7. The van der Waals surface area contributed by atoms with Gasteiger partial charge in [0.25, 0.3) is 0 Å². The van der Waals surface area contributed by atoms with Gasteiger partial charge in [-0.15, -0.1) is 0 Å². The number of hydrazone groups is 1. The fraction of sp³-hybridized carbons (Fsp3) is 0.316. The Labute approximate surface area is 156 Å². The van der Waals surface area contributed by atoms with Crippen LogP contribution in [-0.2, 0) is 9.59 Å². The highest BCUT2D eigenvalue weighted by molar-refractivity contribution is 7.08. The van der Waals surface area contributed by atoms with Gasteiger partial charge in [-0.3, -0.25) is 9.59 Å². The molecule has 2 aromatic rings. The SMILES string of the molecule is CN(C)c1ccc(C2CC(c3ccsc3)=NN2C(=O)CCC(=O)O)cc1. The molecule has 1 N–H and O–H groups in total. The van der Waals surface area contributed by atoms with Crippen LogP contribution in [0.4, 0.5) is 5.69 Å². The van der Waals surface area contributed by atoms with E-state index in [9.17, 15) is 9.59 Å². The van der Waals surface area contributed by atoms with Gasteiger partial charge in [-0.05, 0) is 34.5 Å². The number of aliphatic carboxylic acids is 1. The molecular formula is C19H21N3O3S. The minimum absolute atomic E-state index is 0.0535. The largest absolute Gasteiger partial charge is 0.481 e. The van der Waals surface area contributed by atoms with Crippen molar-refractivity contribution in [2.75, 3.05) is 19.0 Å². The van der Waals surface area contributed by atoms with Crippen LogP contribution in [0.1, 0.15) is 36.4 Å². The van der Waals surface area contributed by atoms with Crippen molar-refractivity contribution in [1.29, 1.82) is 0 Å². The Morgan fingerprint density at radius 2 is 1.96 bits per heavy atom. The number of hydrogen-bond donors (Lipinski definition) is 1. The van der Waals surface area contributed by atoms with Crippen molar-refractivity contribution in [3.63, 3.8) is 0 Å². The fourth-order valence-corrected chi connectivity index (χ4v) is 3.59. The summed E-state index contributed by atoms with van der Waals surface area (Å²) < 4.78 is 0. The number of nitrogens with zero attached hydrogens (tertiary/aromatic N) is 3. The molecule has 136 valence electrons. The zero-order valence-corrected chi connectivity index (χ0v) is 15.6. The van der Waals surface area contributed by atoms with Gasteiger partial charge in [0, 0.05) is 38.2 Å². The second-order valence-electron chi connectivity index (χ2n) is 6.40. The number of carboxylic acids is 1. The van der Waals surface area contributed by atoms with E-state index in [1.165, 1.54) is 5.01 Å². The Bertz CT molecular complexity index is 813. The van der Waals surface area contributed by atoms with Crippen LogP contribution in [0, 0.1) is 0 Å². The smallest absolute Gasteiger partial charge is 0.303 e. The molecule has 26 heavy (non-hydrogen) atoms. The van der Waals surface area contributed by atoms with Gasteiger partial charge in [0.15, 0.2) is 0 Å². The summed E-state index contributed by atoms with van der Waals surface area (Å²) in [6, 6.07) is 9.81. The highest BCUT2D eigenvalue weighted by Gasteiger charge is 2.33. The van der Waals surface area contributed by atoms with Crippen molar-refractivity contribution in [2.45, 2.75) is 25.3 Å². The average molecular weight is 371 g/mol. The summed E-state index contributed by atoms with van der Waals surface area (Å²) >= 11 is 1.58. The molecule has 1 amide bonds. The van der Waals surface area contributed by atoms with Gasteiger partial charge >= 0.3 is 5.97 Å². The third-order valence-electron chi connectivity index (χ3n) is 4.37. The van der Waals surface area contributed by atoms with Gasteiger partial charge in [0.2, 0.25) is 5.91 Å². The average Bonchev–Trinajstić information content (AvgIpc) is 3.29. The van der Waals surface area contributed by atoms with Crippen molar-refractivity contribution >= 4 is 34.6 Å². The number of amides is 1. The Morgan fingerprint density at radius 1 is 1.23 bits per heavy atom. The van der Waals surface area contributed by atoms with Gasteiger partial charge in [0.1, 0.15) is 0 Å². The van der Waals surface area contributed by atoms with Crippen molar-refractivity contribution in [1.82, 2.24) is 5.01 Å². The van der Waals surface area contributed by atoms with Crippen LogP contribution in [0.15, 0.2) is 46.2 Å². The van der Waals surface area contributed by atoms with E-state index in [0.717, 1.165) is 22.5 Å². The molecule has 0 bridgehead atoms. The summed E-state index contributed by atoms with van der Waals surface area (Å²) in [5.74, 6) is -1.24. The summed E-state index contributed by atoms with van der Waals surface area (Å²) in [4.78, 5) is 25.4. The zero-order valence-electron chi connectivity index (χ0n) is 14.8. The van der Waals surface area contributed by atoms with Gasteiger partial charge in [-0.25, -0.2) is 5.01 Å².